The van der Waals surface area contributed by atoms with Gasteiger partial charge in [0, 0.05) is 19.2 Å². The first-order valence-electron chi connectivity index (χ1n) is 7.96. The lowest BCUT2D eigenvalue weighted by atomic mass is 9.97. The third-order valence-electron chi connectivity index (χ3n) is 4.37. The molecule has 2 aliphatic rings. The Kier molecular flexibility index (Phi) is 6.46. The molecule has 0 aromatic heterocycles. The number of hydrogen-bond donors (Lipinski definition) is 2. The number of aliphatic hydroxyl groups is 1. The number of nitrogens with zero attached hydrogens (tertiary/aromatic N) is 1. The molecule has 1 saturated carbocycles. The molecule has 0 unspecified atom stereocenters. The Morgan fingerprint density at radius 1 is 0.944 bits per heavy atom. The van der Waals surface area contributed by atoms with Crippen molar-refractivity contribution in [1.29, 1.82) is 0 Å². The maximum absolute atomic E-state index is 8.77. The van der Waals surface area contributed by atoms with Gasteiger partial charge in [0.1, 0.15) is 0 Å². The second kappa shape index (κ2) is 8.13. The first kappa shape index (κ1) is 14.3. The van der Waals surface area contributed by atoms with Crippen LogP contribution >= 0.6 is 0 Å². The zero-order chi connectivity index (χ0) is 12.6. The van der Waals surface area contributed by atoms with E-state index in [1.165, 1.54) is 71.1 Å². The standard InChI is InChI=1S/C15H30N2O/c18-12-4-2-1-3-11-17(15-5-6-15)13-14-7-9-16-10-8-14/h14-16,18H,1-13H2. The molecule has 0 atom stereocenters. The number of rotatable bonds is 9. The molecule has 1 saturated heterocycles. The summed E-state index contributed by atoms with van der Waals surface area (Å²) in [6.07, 6.45) is 10.4. The van der Waals surface area contributed by atoms with Gasteiger partial charge in [-0.2, -0.15) is 0 Å². The van der Waals surface area contributed by atoms with E-state index in [4.69, 9.17) is 5.11 Å². The van der Waals surface area contributed by atoms with E-state index in [9.17, 15) is 0 Å². The molecule has 2 fully saturated rings. The SMILES string of the molecule is OCCCCCCN(CC1CCNCC1)C1CC1. The van der Waals surface area contributed by atoms with Gasteiger partial charge in [0.15, 0.2) is 0 Å². The largest absolute Gasteiger partial charge is 0.396 e. The molecule has 2 rings (SSSR count). The lowest BCUT2D eigenvalue weighted by Crippen LogP contribution is -2.37. The quantitative estimate of drug-likeness (QED) is 0.618. The van der Waals surface area contributed by atoms with Gasteiger partial charge in [-0.25, -0.2) is 0 Å². The average Bonchev–Trinajstić information content (AvgIpc) is 3.23. The van der Waals surface area contributed by atoms with Crippen molar-refractivity contribution in [1.82, 2.24) is 10.2 Å². The highest BCUT2D eigenvalue weighted by molar-refractivity contribution is 4.86. The van der Waals surface area contributed by atoms with Crippen molar-refractivity contribution in [2.45, 2.75) is 57.4 Å². The van der Waals surface area contributed by atoms with Crippen LogP contribution < -0.4 is 5.32 Å². The van der Waals surface area contributed by atoms with Crippen LogP contribution in [0.4, 0.5) is 0 Å². The van der Waals surface area contributed by atoms with Gasteiger partial charge in [-0.3, -0.25) is 0 Å². The summed E-state index contributed by atoms with van der Waals surface area (Å²) in [5.41, 5.74) is 0. The minimum atomic E-state index is 0.363. The summed E-state index contributed by atoms with van der Waals surface area (Å²) in [6, 6.07) is 0.915. The molecule has 0 aromatic carbocycles. The number of aliphatic hydroxyl groups excluding tert-OH is 1. The van der Waals surface area contributed by atoms with E-state index in [0.29, 0.717) is 6.61 Å². The minimum Gasteiger partial charge on any atom is -0.396 e. The molecule has 106 valence electrons. The van der Waals surface area contributed by atoms with E-state index in [1.807, 2.05) is 0 Å². The second-order valence-electron chi connectivity index (χ2n) is 6.06. The fraction of sp³-hybridized carbons (Fsp3) is 1.00. The van der Waals surface area contributed by atoms with E-state index in [-0.39, 0.29) is 0 Å². The Balaban J connectivity index is 1.61. The molecule has 3 nitrogen and oxygen atoms in total. The highest BCUT2D eigenvalue weighted by Gasteiger charge is 2.30. The van der Waals surface area contributed by atoms with Gasteiger partial charge in [-0.05, 0) is 64.1 Å². The van der Waals surface area contributed by atoms with E-state index in [0.717, 1.165) is 18.4 Å². The molecule has 2 N–H and O–H groups in total. The van der Waals surface area contributed by atoms with Gasteiger partial charge in [0.2, 0.25) is 0 Å². The van der Waals surface area contributed by atoms with Gasteiger partial charge in [0.25, 0.3) is 0 Å². The van der Waals surface area contributed by atoms with Crippen LogP contribution in [0.15, 0.2) is 0 Å². The van der Waals surface area contributed by atoms with Crippen LogP contribution in [0.3, 0.4) is 0 Å². The van der Waals surface area contributed by atoms with E-state index >= 15 is 0 Å². The summed E-state index contributed by atoms with van der Waals surface area (Å²) >= 11 is 0. The average molecular weight is 254 g/mol. The molecule has 1 aliphatic carbocycles. The molecule has 1 aliphatic heterocycles. The molecule has 1 heterocycles. The van der Waals surface area contributed by atoms with Gasteiger partial charge < -0.3 is 15.3 Å². The number of nitrogens with one attached hydrogen (secondary N) is 1. The number of hydrogen-bond acceptors (Lipinski definition) is 3. The molecule has 0 aromatic rings. The predicted molar refractivity (Wildman–Crippen MR) is 75.7 cm³/mol. The van der Waals surface area contributed by atoms with Crippen molar-refractivity contribution in [2.75, 3.05) is 32.8 Å². The first-order valence-corrected chi connectivity index (χ1v) is 7.96. The lowest BCUT2D eigenvalue weighted by molar-refractivity contribution is 0.193. The van der Waals surface area contributed by atoms with Crippen molar-refractivity contribution in [2.24, 2.45) is 5.92 Å². The molecule has 0 bridgehead atoms. The summed E-state index contributed by atoms with van der Waals surface area (Å²) in [7, 11) is 0. The lowest BCUT2D eigenvalue weighted by Gasteiger charge is -2.30. The van der Waals surface area contributed by atoms with E-state index < -0.39 is 0 Å². The zero-order valence-corrected chi connectivity index (χ0v) is 11.7. The van der Waals surface area contributed by atoms with Gasteiger partial charge in [0.05, 0.1) is 0 Å². The smallest absolute Gasteiger partial charge is 0.0431 e. The molecular weight excluding hydrogens is 224 g/mol. The molecule has 3 heteroatoms. The highest BCUT2D eigenvalue weighted by atomic mass is 16.2. The highest BCUT2D eigenvalue weighted by Crippen LogP contribution is 2.29. The maximum Gasteiger partial charge on any atom is 0.0431 e. The fourth-order valence-corrected chi connectivity index (χ4v) is 3.04. The summed E-state index contributed by atoms with van der Waals surface area (Å²) in [4.78, 5) is 2.76. The van der Waals surface area contributed by atoms with Crippen LogP contribution in [-0.4, -0.2) is 48.8 Å². The third-order valence-corrected chi connectivity index (χ3v) is 4.37. The molecule has 0 amide bonds. The van der Waals surface area contributed by atoms with E-state index in [1.54, 1.807) is 0 Å². The number of unbranched alkanes of at least 4 members (excludes halogenated alkanes) is 3. The molecular formula is C15H30N2O. The van der Waals surface area contributed by atoms with Gasteiger partial charge in [-0.15, -0.1) is 0 Å². The van der Waals surface area contributed by atoms with Crippen LogP contribution in [-0.2, 0) is 0 Å². The summed E-state index contributed by atoms with van der Waals surface area (Å²) in [5, 5.41) is 12.2. The summed E-state index contributed by atoms with van der Waals surface area (Å²) < 4.78 is 0. The molecule has 0 spiro atoms. The van der Waals surface area contributed by atoms with Crippen LogP contribution in [0.25, 0.3) is 0 Å². The van der Waals surface area contributed by atoms with E-state index in [2.05, 4.69) is 10.2 Å². The van der Waals surface area contributed by atoms with Crippen LogP contribution in [0.5, 0.6) is 0 Å². The molecule has 18 heavy (non-hydrogen) atoms. The molecule has 0 radical (unpaired) electrons. The monoisotopic (exact) mass is 254 g/mol. The van der Waals surface area contributed by atoms with Crippen molar-refractivity contribution in [3.05, 3.63) is 0 Å². The number of piperidine rings is 1. The Morgan fingerprint density at radius 3 is 2.33 bits per heavy atom. The topological polar surface area (TPSA) is 35.5 Å². The zero-order valence-electron chi connectivity index (χ0n) is 11.7. The minimum absolute atomic E-state index is 0.363. The first-order chi connectivity index (χ1) is 8.90. The van der Waals surface area contributed by atoms with Crippen molar-refractivity contribution < 1.29 is 5.11 Å². The summed E-state index contributed by atoms with van der Waals surface area (Å²) in [5.74, 6) is 0.935. The predicted octanol–water partition coefficient (Wildman–Crippen LogP) is 2.00. The Labute approximate surface area is 112 Å². The Morgan fingerprint density at radius 2 is 1.67 bits per heavy atom. The Bertz CT molecular complexity index is 213. The third kappa shape index (κ3) is 5.25. The fourth-order valence-electron chi connectivity index (χ4n) is 3.04. The van der Waals surface area contributed by atoms with Crippen LogP contribution in [0.2, 0.25) is 0 Å². The van der Waals surface area contributed by atoms with Crippen molar-refractivity contribution in [3.8, 4) is 0 Å². The van der Waals surface area contributed by atoms with Crippen LogP contribution in [0.1, 0.15) is 51.4 Å². The normalized spacial score (nSPS) is 21.7. The summed E-state index contributed by atoms with van der Waals surface area (Å²) in [6.45, 7) is 5.44. The van der Waals surface area contributed by atoms with Crippen LogP contribution in [0, 0.1) is 5.92 Å². The van der Waals surface area contributed by atoms with Crippen molar-refractivity contribution >= 4 is 0 Å². The second-order valence-corrected chi connectivity index (χ2v) is 6.06. The van der Waals surface area contributed by atoms with Gasteiger partial charge in [-0.1, -0.05) is 12.8 Å². The Hall–Kier alpha value is -0.120. The maximum atomic E-state index is 8.77. The van der Waals surface area contributed by atoms with Crippen molar-refractivity contribution in [3.63, 3.8) is 0 Å². The van der Waals surface area contributed by atoms with Gasteiger partial charge >= 0.3 is 0 Å².